The molecule has 17 heavy (non-hydrogen) atoms. The van der Waals surface area contributed by atoms with E-state index in [1.54, 1.807) is 10.7 Å². The molecule has 3 rings (SSSR count). The van der Waals surface area contributed by atoms with E-state index in [-0.39, 0.29) is 5.54 Å². The first-order chi connectivity index (χ1) is 8.25. The molecule has 2 aromatic rings. The van der Waals surface area contributed by atoms with Crippen LogP contribution in [0, 0.1) is 0 Å². The highest BCUT2D eigenvalue weighted by Gasteiger charge is 2.26. The van der Waals surface area contributed by atoms with Crippen molar-refractivity contribution in [2.24, 2.45) is 0 Å². The van der Waals surface area contributed by atoms with Crippen molar-refractivity contribution in [3.8, 4) is 0 Å². The van der Waals surface area contributed by atoms with Crippen molar-refractivity contribution in [3.05, 3.63) is 24.5 Å². The number of piperidine rings is 1. The Morgan fingerprint density at radius 3 is 3.00 bits per heavy atom. The molecule has 0 saturated carbocycles. The Kier molecular flexibility index (Phi) is 2.48. The Morgan fingerprint density at radius 2 is 2.18 bits per heavy atom. The second-order valence-corrected chi connectivity index (χ2v) is 4.88. The van der Waals surface area contributed by atoms with Crippen molar-refractivity contribution in [3.63, 3.8) is 0 Å². The maximum absolute atomic E-state index is 4.54. The molecule has 3 heterocycles. The normalized spacial score (nSPS) is 19.4. The predicted molar refractivity (Wildman–Crippen MR) is 67.1 cm³/mol. The molecule has 0 amide bonds. The van der Waals surface area contributed by atoms with Gasteiger partial charge in [0.15, 0.2) is 5.65 Å². The number of rotatable bonds is 2. The zero-order chi connectivity index (χ0) is 11.7. The van der Waals surface area contributed by atoms with Crippen LogP contribution in [0.4, 0.5) is 5.82 Å². The molecule has 5 heteroatoms. The molecule has 2 N–H and O–H groups in total. The van der Waals surface area contributed by atoms with Gasteiger partial charge in [0.2, 0.25) is 0 Å². The van der Waals surface area contributed by atoms with Crippen molar-refractivity contribution in [2.75, 3.05) is 18.4 Å². The molecule has 90 valence electrons. The fourth-order valence-corrected chi connectivity index (χ4v) is 2.29. The van der Waals surface area contributed by atoms with Crippen molar-refractivity contribution >= 4 is 11.5 Å². The van der Waals surface area contributed by atoms with Crippen molar-refractivity contribution in [1.82, 2.24) is 19.9 Å². The number of aromatic nitrogens is 3. The van der Waals surface area contributed by atoms with E-state index in [1.807, 2.05) is 18.3 Å². The van der Waals surface area contributed by atoms with E-state index in [4.69, 9.17) is 0 Å². The molecule has 1 fully saturated rings. The summed E-state index contributed by atoms with van der Waals surface area (Å²) in [6.45, 7) is 4.40. The summed E-state index contributed by atoms with van der Waals surface area (Å²) < 4.78 is 1.77. The lowest BCUT2D eigenvalue weighted by molar-refractivity contribution is 0.364. The molecular weight excluding hydrogens is 214 g/mol. The molecule has 0 unspecified atom stereocenters. The number of anilines is 1. The molecule has 1 saturated heterocycles. The average Bonchev–Trinajstić information content (AvgIpc) is 2.76. The van der Waals surface area contributed by atoms with Crippen molar-refractivity contribution < 1.29 is 0 Å². The van der Waals surface area contributed by atoms with E-state index in [9.17, 15) is 0 Å². The molecule has 0 aliphatic carbocycles. The highest BCUT2D eigenvalue weighted by atomic mass is 15.2. The van der Waals surface area contributed by atoms with Crippen LogP contribution in [-0.4, -0.2) is 33.2 Å². The summed E-state index contributed by atoms with van der Waals surface area (Å²) in [7, 11) is 0. The van der Waals surface area contributed by atoms with E-state index in [1.165, 1.54) is 0 Å². The standard InChI is InChI=1S/C12H17N5/c1-12(4-7-13-8-5-12)16-10-3-9-17-11(15-10)2-6-14-17/h2-3,6,9,13H,4-5,7-8H2,1H3,(H,15,16). The topological polar surface area (TPSA) is 54.2 Å². The van der Waals surface area contributed by atoms with Crippen LogP contribution in [0.25, 0.3) is 5.65 Å². The van der Waals surface area contributed by atoms with E-state index in [0.29, 0.717) is 0 Å². The zero-order valence-electron chi connectivity index (χ0n) is 9.98. The summed E-state index contributed by atoms with van der Waals surface area (Å²) in [5, 5.41) is 11.1. The maximum atomic E-state index is 4.54. The first-order valence-corrected chi connectivity index (χ1v) is 6.05. The molecule has 0 bridgehead atoms. The summed E-state index contributed by atoms with van der Waals surface area (Å²) in [5.41, 5.74) is 1.03. The van der Waals surface area contributed by atoms with Gasteiger partial charge in [-0.2, -0.15) is 5.10 Å². The van der Waals surface area contributed by atoms with E-state index >= 15 is 0 Å². The van der Waals surface area contributed by atoms with Crippen LogP contribution in [0.5, 0.6) is 0 Å². The van der Waals surface area contributed by atoms with Gasteiger partial charge in [-0.25, -0.2) is 9.50 Å². The molecular formula is C12H17N5. The fourth-order valence-electron chi connectivity index (χ4n) is 2.29. The lowest BCUT2D eigenvalue weighted by Gasteiger charge is -2.35. The number of nitrogens with zero attached hydrogens (tertiary/aromatic N) is 3. The van der Waals surface area contributed by atoms with Gasteiger partial charge in [0.25, 0.3) is 0 Å². The van der Waals surface area contributed by atoms with E-state index < -0.39 is 0 Å². The molecule has 0 aromatic carbocycles. The van der Waals surface area contributed by atoms with Crippen LogP contribution in [0.2, 0.25) is 0 Å². The second kappa shape index (κ2) is 4.00. The Labute approximate surface area is 100 Å². The Bertz CT molecular complexity index is 512. The predicted octanol–water partition coefficient (Wildman–Crippen LogP) is 1.28. The van der Waals surface area contributed by atoms with Gasteiger partial charge in [0.1, 0.15) is 5.82 Å². The van der Waals surface area contributed by atoms with Gasteiger partial charge >= 0.3 is 0 Å². The maximum Gasteiger partial charge on any atom is 0.157 e. The number of hydrogen-bond donors (Lipinski definition) is 2. The van der Waals surface area contributed by atoms with Crippen LogP contribution in [0.3, 0.4) is 0 Å². The van der Waals surface area contributed by atoms with E-state index in [2.05, 4.69) is 27.6 Å². The van der Waals surface area contributed by atoms with Gasteiger partial charge in [0.05, 0.1) is 6.20 Å². The Balaban J connectivity index is 1.83. The monoisotopic (exact) mass is 231 g/mol. The third kappa shape index (κ3) is 2.10. The molecule has 0 atom stereocenters. The summed E-state index contributed by atoms with van der Waals surface area (Å²) in [6.07, 6.45) is 5.95. The highest BCUT2D eigenvalue weighted by Crippen LogP contribution is 2.22. The first kappa shape index (κ1) is 10.5. The second-order valence-electron chi connectivity index (χ2n) is 4.88. The highest BCUT2D eigenvalue weighted by molar-refractivity contribution is 5.46. The molecule has 1 aliphatic heterocycles. The summed E-state index contributed by atoms with van der Waals surface area (Å²) >= 11 is 0. The van der Waals surface area contributed by atoms with Gasteiger partial charge in [-0.3, -0.25) is 0 Å². The molecule has 1 aliphatic rings. The van der Waals surface area contributed by atoms with Crippen LogP contribution in [0.1, 0.15) is 19.8 Å². The third-order valence-corrected chi connectivity index (χ3v) is 3.39. The lowest BCUT2D eigenvalue weighted by Crippen LogP contribution is -2.45. The van der Waals surface area contributed by atoms with Crippen LogP contribution >= 0.6 is 0 Å². The van der Waals surface area contributed by atoms with Gasteiger partial charge in [-0.1, -0.05) is 0 Å². The summed E-state index contributed by atoms with van der Waals surface area (Å²) in [4.78, 5) is 4.54. The van der Waals surface area contributed by atoms with Gasteiger partial charge in [-0.05, 0) is 38.9 Å². The minimum absolute atomic E-state index is 0.149. The SMILES string of the molecule is CC1(Nc2ccn3nccc3n2)CCNCC1. The average molecular weight is 231 g/mol. The Hall–Kier alpha value is -1.62. The zero-order valence-corrected chi connectivity index (χ0v) is 9.98. The third-order valence-electron chi connectivity index (χ3n) is 3.39. The van der Waals surface area contributed by atoms with Gasteiger partial charge in [-0.15, -0.1) is 0 Å². The number of nitrogens with one attached hydrogen (secondary N) is 2. The minimum Gasteiger partial charge on any atom is -0.365 e. The van der Waals surface area contributed by atoms with Crippen LogP contribution in [0.15, 0.2) is 24.5 Å². The number of hydrogen-bond acceptors (Lipinski definition) is 4. The fraction of sp³-hybridized carbons (Fsp3) is 0.500. The quantitative estimate of drug-likeness (QED) is 0.817. The molecule has 0 spiro atoms. The first-order valence-electron chi connectivity index (χ1n) is 6.05. The molecule has 5 nitrogen and oxygen atoms in total. The number of fused-ring (bicyclic) bond motifs is 1. The smallest absolute Gasteiger partial charge is 0.157 e. The molecule has 2 aromatic heterocycles. The summed E-state index contributed by atoms with van der Waals surface area (Å²) in [5.74, 6) is 0.933. The lowest BCUT2D eigenvalue weighted by atomic mass is 9.91. The summed E-state index contributed by atoms with van der Waals surface area (Å²) in [6, 6.07) is 3.89. The van der Waals surface area contributed by atoms with Crippen LogP contribution in [-0.2, 0) is 0 Å². The molecule has 0 radical (unpaired) electrons. The van der Waals surface area contributed by atoms with Gasteiger partial charge in [0, 0.05) is 17.8 Å². The Morgan fingerprint density at radius 1 is 1.35 bits per heavy atom. The van der Waals surface area contributed by atoms with Crippen molar-refractivity contribution in [2.45, 2.75) is 25.3 Å². The van der Waals surface area contributed by atoms with Crippen LogP contribution < -0.4 is 10.6 Å². The van der Waals surface area contributed by atoms with Gasteiger partial charge < -0.3 is 10.6 Å². The largest absolute Gasteiger partial charge is 0.365 e. The van der Waals surface area contributed by atoms with Crippen molar-refractivity contribution in [1.29, 1.82) is 0 Å². The minimum atomic E-state index is 0.149. The van der Waals surface area contributed by atoms with E-state index in [0.717, 1.165) is 37.4 Å².